The van der Waals surface area contributed by atoms with Crippen LogP contribution in [0, 0.1) is 0 Å². The number of rotatable bonds is 3. The van der Waals surface area contributed by atoms with Crippen LogP contribution < -0.4 is 5.32 Å². The van der Waals surface area contributed by atoms with Crippen LogP contribution in [0.1, 0.15) is 11.3 Å². The number of nitrogens with one attached hydrogen (secondary N) is 2. The summed E-state index contributed by atoms with van der Waals surface area (Å²) in [4.78, 5) is 3.68. The molecule has 2 aromatic rings. The van der Waals surface area contributed by atoms with E-state index in [1.165, 1.54) is 18.5 Å². The highest BCUT2D eigenvalue weighted by Crippen LogP contribution is 2.33. The van der Waals surface area contributed by atoms with Gasteiger partial charge in [0.2, 0.25) is 0 Å². The second-order valence-electron chi connectivity index (χ2n) is 3.33. The zero-order valence-corrected chi connectivity index (χ0v) is 8.62. The van der Waals surface area contributed by atoms with Gasteiger partial charge in [-0.15, -0.1) is 0 Å². The molecule has 7 heteroatoms. The molecule has 0 fully saturated rings. The quantitative estimate of drug-likeness (QED) is 0.869. The van der Waals surface area contributed by atoms with E-state index in [2.05, 4.69) is 20.5 Å². The lowest BCUT2D eigenvalue weighted by Gasteiger charge is -2.12. The Hall–Kier alpha value is -2.05. The van der Waals surface area contributed by atoms with Crippen molar-refractivity contribution in [3.63, 3.8) is 0 Å². The van der Waals surface area contributed by atoms with Crippen LogP contribution in [0.2, 0.25) is 0 Å². The number of H-pyrrole nitrogens is 1. The van der Waals surface area contributed by atoms with E-state index in [0.29, 0.717) is 5.69 Å². The van der Waals surface area contributed by atoms with E-state index >= 15 is 0 Å². The van der Waals surface area contributed by atoms with Gasteiger partial charge in [-0.1, -0.05) is 0 Å². The number of aromatic nitrogens is 3. The fraction of sp³-hybridized carbons (Fsp3) is 0.200. The average Bonchev–Trinajstić information content (AvgIpc) is 2.78. The van der Waals surface area contributed by atoms with Crippen LogP contribution in [0.3, 0.4) is 0 Å². The van der Waals surface area contributed by atoms with E-state index in [-0.39, 0.29) is 12.4 Å². The number of anilines is 1. The van der Waals surface area contributed by atoms with E-state index in [0.717, 1.165) is 6.07 Å². The molecule has 0 aliphatic carbocycles. The zero-order chi connectivity index (χ0) is 12.3. The second kappa shape index (κ2) is 4.44. The number of aromatic amines is 1. The molecule has 2 N–H and O–H groups in total. The summed E-state index contributed by atoms with van der Waals surface area (Å²) in [6, 6.07) is 3.91. The molecule has 90 valence electrons. The highest BCUT2D eigenvalue weighted by molar-refractivity contribution is 5.45. The van der Waals surface area contributed by atoms with Crippen LogP contribution in [-0.2, 0) is 12.7 Å². The molecule has 17 heavy (non-hydrogen) atoms. The SMILES string of the molecule is FC(F)(F)c1cccnc1NCc1ccn[nH]1. The minimum atomic E-state index is -4.41. The zero-order valence-electron chi connectivity index (χ0n) is 8.62. The number of hydrogen-bond donors (Lipinski definition) is 2. The first kappa shape index (κ1) is 11.4. The molecule has 0 radical (unpaired) electrons. The van der Waals surface area contributed by atoms with E-state index in [1.807, 2.05) is 0 Å². The summed E-state index contributed by atoms with van der Waals surface area (Å²) in [5.74, 6) is -0.186. The predicted octanol–water partition coefficient (Wildman–Crippen LogP) is 2.44. The van der Waals surface area contributed by atoms with E-state index in [9.17, 15) is 13.2 Å². The Labute approximate surface area is 94.9 Å². The molecule has 2 heterocycles. The highest BCUT2D eigenvalue weighted by atomic mass is 19.4. The van der Waals surface area contributed by atoms with Gasteiger partial charge in [-0.3, -0.25) is 5.10 Å². The van der Waals surface area contributed by atoms with Crippen molar-refractivity contribution in [2.24, 2.45) is 0 Å². The number of hydrogen-bond acceptors (Lipinski definition) is 3. The van der Waals surface area contributed by atoms with Gasteiger partial charge >= 0.3 is 6.18 Å². The molecule has 0 aliphatic heterocycles. The van der Waals surface area contributed by atoms with Gasteiger partial charge in [-0.05, 0) is 18.2 Å². The maximum absolute atomic E-state index is 12.6. The minimum absolute atomic E-state index is 0.186. The molecule has 0 atom stereocenters. The number of halogens is 3. The Balaban J connectivity index is 2.16. The van der Waals surface area contributed by atoms with Crippen molar-refractivity contribution >= 4 is 5.82 Å². The number of pyridine rings is 1. The Morgan fingerprint density at radius 1 is 1.24 bits per heavy atom. The van der Waals surface area contributed by atoms with Crippen LogP contribution in [0.25, 0.3) is 0 Å². The molecule has 0 spiro atoms. The van der Waals surface area contributed by atoms with Crippen LogP contribution in [0.4, 0.5) is 19.0 Å². The fourth-order valence-corrected chi connectivity index (χ4v) is 1.34. The van der Waals surface area contributed by atoms with Crippen molar-refractivity contribution in [1.82, 2.24) is 15.2 Å². The van der Waals surface area contributed by atoms with Gasteiger partial charge in [0.25, 0.3) is 0 Å². The van der Waals surface area contributed by atoms with Gasteiger partial charge in [-0.25, -0.2) is 4.98 Å². The molecule has 0 unspecified atom stereocenters. The van der Waals surface area contributed by atoms with Crippen molar-refractivity contribution in [1.29, 1.82) is 0 Å². The molecule has 0 aromatic carbocycles. The third-order valence-electron chi connectivity index (χ3n) is 2.12. The van der Waals surface area contributed by atoms with Gasteiger partial charge < -0.3 is 5.32 Å². The smallest absolute Gasteiger partial charge is 0.364 e. The highest BCUT2D eigenvalue weighted by Gasteiger charge is 2.33. The van der Waals surface area contributed by atoms with Gasteiger partial charge in [-0.2, -0.15) is 18.3 Å². The molecule has 0 saturated heterocycles. The van der Waals surface area contributed by atoms with Crippen LogP contribution in [0.15, 0.2) is 30.6 Å². The normalized spacial score (nSPS) is 11.5. The third-order valence-corrected chi connectivity index (χ3v) is 2.12. The fourth-order valence-electron chi connectivity index (χ4n) is 1.34. The summed E-state index contributed by atoms with van der Waals surface area (Å²) < 4.78 is 37.8. The molecule has 0 aliphatic rings. The molecule has 0 amide bonds. The molecule has 4 nitrogen and oxygen atoms in total. The van der Waals surface area contributed by atoms with Crippen molar-refractivity contribution < 1.29 is 13.2 Å². The third kappa shape index (κ3) is 2.74. The maximum atomic E-state index is 12.6. The molecule has 2 aromatic heterocycles. The van der Waals surface area contributed by atoms with E-state index < -0.39 is 11.7 Å². The Morgan fingerprint density at radius 3 is 2.71 bits per heavy atom. The largest absolute Gasteiger partial charge is 0.419 e. The summed E-state index contributed by atoms with van der Waals surface area (Å²) in [7, 11) is 0. The summed E-state index contributed by atoms with van der Waals surface area (Å²) in [6.07, 6.45) is -1.57. The van der Waals surface area contributed by atoms with Gasteiger partial charge in [0.05, 0.1) is 17.8 Å². The van der Waals surface area contributed by atoms with Crippen molar-refractivity contribution in [3.05, 3.63) is 41.9 Å². The lowest BCUT2D eigenvalue weighted by molar-refractivity contribution is -0.137. The molecule has 2 rings (SSSR count). The van der Waals surface area contributed by atoms with Gasteiger partial charge in [0.15, 0.2) is 0 Å². The summed E-state index contributed by atoms with van der Waals surface area (Å²) in [6.45, 7) is 0.208. The average molecular weight is 242 g/mol. The van der Waals surface area contributed by atoms with Crippen LogP contribution in [0.5, 0.6) is 0 Å². The van der Waals surface area contributed by atoms with E-state index in [1.54, 1.807) is 6.07 Å². The molecular formula is C10H9F3N4. The first-order chi connectivity index (χ1) is 8.07. The first-order valence-corrected chi connectivity index (χ1v) is 4.82. The second-order valence-corrected chi connectivity index (χ2v) is 3.33. The monoisotopic (exact) mass is 242 g/mol. The molecule has 0 saturated carbocycles. The van der Waals surface area contributed by atoms with E-state index in [4.69, 9.17) is 0 Å². The van der Waals surface area contributed by atoms with Crippen molar-refractivity contribution in [2.75, 3.05) is 5.32 Å². The standard InChI is InChI=1S/C10H9F3N4/c11-10(12,13)8-2-1-4-14-9(8)15-6-7-3-5-16-17-7/h1-5H,6H2,(H,14,15)(H,16,17). The van der Waals surface area contributed by atoms with Gasteiger partial charge in [0, 0.05) is 12.4 Å². The molecule has 0 bridgehead atoms. The number of nitrogens with zero attached hydrogens (tertiary/aromatic N) is 2. The van der Waals surface area contributed by atoms with Gasteiger partial charge in [0.1, 0.15) is 5.82 Å². The Bertz CT molecular complexity index is 479. The first-order valence-electron chi connectivity index (χ1n) is 4.82. The topological polar surface area (TPSA) is 53.6 Å². The van der Waals surface area contributed by atoms with Crippen molar-refractivity contribution in [3.8, 4) is 0 Å². The summed E-state index contributed by atoms with van der Waals surface area (Å²) in [5, 5.41) is 8.96. The molecular weight excluding hydrogens is 233 g/mol. The summed E-state index contributed by atoms with van der Waals surface area (Å²) >= 11 is 0. The predicted molar refractivity (Wildman–Crippen MR) is 55.2 cm³/mol. The van der Waals surface area contributed by atoms with Crippen LogP contribution >= 0.6 is 0 Å². The lowest BCUT2D eigenvalue weighted by atomic mass is 10.2. The summed E-state index contributed by atoms with van der Waals surface area (Å²) in [5.41, 5.74) is -0.0942. The minimum Gasteiger partial charge on any atom is -0.364 e. The Morgan fingerprint density at radius 2 is 2.06 bits per heavy atom. The number of alkyl halides is 3. The van der Waals surface area contributed by atoms with Crippen molar-refractivity contribution in [2.45, 2.75) is 12.7 Å². The van der Waals surface area contributed by atoms with Crippen LogP contribution in [-0.4, -0.2) is 15.2 Å². The maximum Gasteiger partial charge on any atom is 0.419 e. The lowest BCUT2D eigenvalue weighted by Crippen LogP contribution is -2.12. The Kier molecular flexibility index (Phi) is 2.99.